The lowest BCUT2D eigenvalue weighted by molar-refractivity contribution is -0.137. The summed E-state index contributed by atoms with van der Waals surface area (Å²) in [6, 6.07) is 5.36. The Morgan fingerprint density at radius 3 is 3.08 bits per heavy atom. The standard InChI is InChI=1S/C20H24N2O4/c1-3-11-9-21-16-8-20(18-7-13(11)14(16)10-26-18)15-5-4-12(23)6-17(15)22(25-2)19(20)24/h3-6,13-14,16,18,21,23H,7-10H2,1-2H3/t13-,14-,16-,18+,20-/m0/s1. The topological polar surface area (TPSA) is 71.0 Å². The molecule has 4 fully saturated rings. The number of hydroxylamine groups is 1. The van der Waals surface area contributed by atoms with Gasteiger partial charge in [-0.05, 0) is 37.3 Å². The van der Waals surface area contributed by atoms with Gasteiger partial charge in [-0.2, -0.15) is 5.06 Å². The van der Waals surface area contributed by atoms with E-state index >= 15 is 0 Å². The lowest BCUT2D eigenvalue weighted by atomic mass is 9.72. The number of hydrogen-bond donors (Lipinski definition) is 2. The Bertz CT molecular complexity index is 807. The highest BCUT2D eigenvalue weighted by Crippen LogP contribution is 2.56. The summed E-state index contributed by atoms with van der Waals surface area (Å²) in [6.07, 6.45) is 3.59. The third-order valence-electron chi connectivity index (χ3n) is 6.93. The van der Waals surface area contributed by atoms with E-state index in [0.717, 1.165) is 18.5 Å². The molecule has 6 rings (SSSR count). The minimum Gasteiger partial charge on any atom is -0.508 e. The van der Waals surface area contributed by atoms with Gasteiger partial charge in [-0.25, -0.2) is 0 Å². The molecule has 1 amide bonds. The first-order valence-electron chi connectivity index (χ1n) is 9.32. The number of phenols is 1. The van der Waals surface area contributed by atoms with Gasteiger partial charge in [0.25, 0.3) is 5.91 Å². The van der Waals surface area contributed by atoms with E-state index in [1.54, 1.807) is 12.1 Å². The van der Waals surface area contributed by atoms with Crippen molar-refractivity contribution in [1.82, 2.24) is 5.32 Å². The molecule has 1 saturated carbocycles. The van der Waals surface area contributed by atoms with E-state index in [1.807, 2.05) is 6.07 Å². The summed E-state index contributed by atoms with van der Waals surface area (Å²) < 4.78 is 6.29. The van der Waals surface area contributed by atoms with Crippen LogP contribution in [0.5, 0.6) is 5.75 Å². The molecule has 1 aromatic rings. The zero-order valence-corrected chi connectivity index (χ0v) is 15.1. The Labute approximate surface area is 152 Å². The maximum Gasteiger partial charge on any atom is 0.264 e. The molecule has 1 aliphatic carbocycles. The van der Waals surface area contributed by atoms with Crippen LogP contribution in [0, 0.1) is 11.8 Å². The summed E-state index contributed by atoms with van der Waals surface area (Å²) in [4.78, 5) is 19.0. The normalized spacial score (nSPS) is 39.5. The number of aromatic hydroxyl groups is 1. The quantitative estimate of drug-likeness (QED) is 0.752. The molecule has 1 spiro atoms. The Morgan fingerprint density at radius 1 is 1.46 bits per heavy atom. The maximum atomic E-state index is 13.6. The van der Waals surface area contributed by atoms with Gasteiger partial charge in [0.05, 0.1) is 25.5 Å². The van der Waals surface area contributed by atoms with Crippen LogP contribution in [0.25, 0.3) is 0 Å². The Kier molecular flexibility index (Phi) is 3.48. The predicted octanol–water partition coefficient (Wildman–Crippen LogP) is 1.88. The molecular formula is C20H24N2O4. The van der Waals surface area contributed by atoms with E-state index in [9.17, 15) is 9.90 Å². The fourth-order valence-corrected chi connectivity index (χ4v) is 5.69. The molecule has 6 nitrogen and oxygen atoms in total. The average molecular weight is 356 g/mol. The van der Waals surface area contributed by atoms with Gasteiger partial charge in [0, 0.05) is 24.6 Å². The monoisotopic (exact) mass is 356 g/mol. The highest BCUT2D eigenvalue weighted by atomic mass is 16.7. The predicted molar refractivity (Wildman–Crippen MR) is 95.8 cm³/mol. The van der Waals surface area contributed by atoms with E-state index in [1.165, 1.54) is 17.7 Å². The number of anilines is 1. The van der Waals surface area contributed by atoms with Crippen LogP contribution < -0.4 is 10.4 Å². The van der Waals surface area contributed by atoms with Gasteiger partial charge >= 0.3 is 0 Å². The molecule has 0 radical (unpaired) electrons. The number of ether oxygens (including phenoxy) is 1. The molecule has 5 atom stereocenters. The van der Waals surface area contributed by atoms with Gasteiger partial charge in [-0.15, -0.1) is 0 Å². The van der Waals surface area contributed by atoms with E-state index in [2.05, 4.69) is 18.3 Å². The second-order valence-electron chi connectivity index (χ2n) is 7.84. The Balaban J connectivity index is 1.69. The number of rotatable bonds is 1. The lowest BCUT2D eigenvalue weighted by Gasteiger charge is -2.42. The van der Waals surface area contributed by atoms with E-state index in [4.69, 9.17) is 9.57 Å². The van der Waals surface area contributed by atoms with Crippen molar-refractivity contribution in [2.24, 2.45) is 11.8 Å². The largest absolute Gasteiger partial charge is 0.508 e. The molecule has 138 valence electrons. The van der Waals surface area contributed by atoms with Crippen LogP contribution in [0.3, 0.4) is 0 Å². The molecule has 2 N–H and O–H groups in total. The summed E-state index contributed by atoms with van der Waals surface area (Å²) in [5, 5.41) is 14.9. The molecule has 3 saturated heterocycles. The van der Waals surface area contributed by atoms with Gasteiger partial charge in [0.1, 0.15) is 11.2 Å². The van der Waals surface area contributed by atoms with Gasteiger partial charge in [0.15, 0.2) is 0 Å². The minimum absolute atomic E-state index is 0.0809. The van der Waals surface area contributed by atoms with Gasteiger partial charge in [-0.3, -0.25) is 9.63 Å². The third-order valence-corrected chi connectivity index (χ3v) is 6.93. The summed E-state index contributed by atoms with van der Waals surface area (Å²) in [5.41, 5.74) is 2.21. The molecule has 4 heterocycles. The van der Waals surface area contributed by atoms with Crippen molar-refractivity contribution < 1.29 is 19.5 Å². The van der Waals surface area contributed by atoms with E-state index in [0.29, 0.717) is 30.6 Å². The van der Waals surface area contributed by atoms with Crippen molar-refractivity contribution in [3.63, 3.8) is 0 Å². The Morgan fingerprint density at radius 2 is 2.31 bits per heavy atom. The van der Waals surface area contributed by atoms with E-state index in [-0.39, 0.29) is 23.8 Å². The molecule has 1 aromatic carbocycles. The molecule has 5 aliphatic rings. The van der Waals surface area contributed by atoms with Crippen molar-refractivity contribution in [3.05, 3.63) is 35.4 Å². The van der Waals surface area contributed by atoms with Crippen LogP contribution >= 0.6 is 0 Å². The highest BCUT2D eigenvalue weighted by Gasteiger charge is 2.63. The summed E-state index contributed by atoms with van der Waals surface area (Å²) in [5.74, 6) is 0.912. The van der Waals surface area contributed by atoms with Crippen LogP contribution in [-0.2, 0) is 19.8 Å². The molecule has 4 bridgehead atoms. The molecule has 26 heavy (non-hydrogen) atoms. The van der Waals surface area contributed by atoms with Crippen molar-refractivity contribution in [2.75, 3.05) is 25.3 Å². The van der Waals surface area contributed by atoms with Gasteiger partial charge < -0.3 is 15.2 Å². The number of nitrogens with one attached hydrogen (secondary N) is 1. The fraction of sp³-hybridized carbons (Fsp3) is 0.550. The van der Waals surface area contributed by atoms with Crippen LogP contribution in [0.1, 0.15) is 25.3 Å². The first kappa shape index (κ1) is 16.3. The summed E-state index contributed by atoms with van der Waals surface area (Å²) in [7, 11) is 1.49. The van der Waals surface area contributed by atoms with Crippen LogP contribution in [0.15, 0.2) is 29.8 Å². The first-order chi connectivity index (χ1) is 12.6. The maximum absolute atomic E-state index is 13.6. The van der Waals surface area contributed by atoms with Gasteiger partial charge in [0.2, 0.25) is 0 Å². The molecular weight excluding hydrogens is 332 g/mol. The SMILES string of the molecule is CC=C1CN[C@H]2C[C@@]3(C(=O)N(OC)c4cc(O)ccc43)[C@H]3C[C@@H]1[C@@H]2CO3. The number of carbonyl (C=O) groups is 1. The van der Waals surface area contributed by atoms with Crippen molar-refractivity contribution in [2.45, 2.75) is 37.3 Å². The first-order valence-corrected chi connectivity index (χ1v) is 9.32. The lowest BCUT2D eigenvalue weighted by Crippen LogP contribution is -2.50. The Hall–Kier alpha value is -1.89. The number of benzene rings is 1. The second kappa shape index (κ2) is 5.55. The zero-order chi connectivity index (χ0) is 18.1. The van der Waals surface area contributed by atoms with Crippen LogP contribution in [-0.4, -0.2) is 43.4 Å². The molecule has 4 aliphatic heterocycles. The molecule has 0 aromatic heterocycles. The van der Waals surface area contributed by atoms with Crippen molar-refractivity contribution in [3.8, 4) is 5.75 Å². The number of nitrogens with zero attached hydrogens (tertiary/aromatic N) is 1. The fourth-order valence-electron chi connectivity index (χ4n) is 5.69. The molecule has 0 unspecified atom stereocenters. The second-order valence-corrected chi connectivity index (χ2v) is 7.84. The number of piperidine rings is 1. The zero-order valence-electron chi connectivity index (χ0n) is 15.1. The smallest absolute Gasteiger partial charge is 0.264 e. The number of fused-ring (bicyclic) bond motifs is 2. The van der Waals surface area contributed by atoms with Gasteiger partial charge in [-0.1, -0.05) is 17.7 Å². The average Bonchev–Trinajstić information content (AvgIpc) is 2.74. The number of hydrogen-bond acceptors (Lipinski definition) is 5. The summed E-state index contributed by atoms with van der Waals surface area (Å²) >= 11 is 0. The van der Waals surface area contributed by atoms with Crippen LogP contribution in [0.4, 0.5) is 5.69 Å². The van der Waals surface area contributed by atoms with Crippen LogP contribution in [0.2, 0.25) is 0 Å². The van der Waals surface area contributed by atoms with E-state index < -0.39 is 5.41 Å². The third kappa shape index (κ3) is 1.89. The minimum atomic E-state index is -0.761. The summed E-state index contributed by atoms with van der Waals surface area (Å²) in [6.45, 7) is 3.66. The number of allylic oxidation sites excluding steroid dienone is 1. The number of phenolic OH excluding ortho intramolecular Hbond substituents is 1. The van der Waals surface area contributed by atoms with Crippen molar-refractivity contribution >= 4 is 11.6 Å². The molecule has 6 heteroatoms. The number of amides is 1. The highest BCUT2D eigenvalue weighted by molar-refractivity contribution is 6.07. The van der Waals surface area contributed by atoms with Crippen molar-refractivity contribution in [1.29, 1.82) is 0 Å². The number of carbonyl (C=O) groups excluding carboxylic acids is 1.